The normalized spacial score (nSPS) is 14.0. The molecule has 0 spiro atoms. The van der Waals surface area contributed by atoms with Gasteiger partial charge in [-0.15, -0.1) is 11.3 Å². The number of carbonyl (C=O) groups excluding carboxylic acids is 1. The number of anilines is 1. The van der Waals surface area contributed by atoms with Crippen molar-refractivity contribution in [3.05, 3.63) is 70.6 Å². The van der Waals surface area contributed by atoms with E-state index in [9.17, 15) is 4.79 Å². The molecule has 0 atom stereocenters. The van der Waals surface area contributed by atoms with Crippen LogP contribution in [-0.2, 0) is 11.3 Å². The number of aromatic nitrogens is 1. The second-order valence-electron chi connectivity index (χ2n) is 6.53. The first-order valence-electron chi connectivity index (χ1n) is 8.78. The number of carbonyl (C=O) groups is 1. The molecule has 1 fully saturated rings. The summed E-state index contributed by atoms with van der Waals surface area (Å²) in [6.07, 6.45) is 3.10. The highest BCUT2D eigenvalue weighted by Crippen LogP contribution is 2.35. The number of hydrogen-bond acceptors (Lipinski definition) is 3. The molecule has 1 aromatic heterocycles. The lowest BCUT2D eigenvalue weighted by molar-refractivity contribution is -0.124. The van der Waals surface area contributed by atoms with Crippen LogP contribution in [0.2, 0.25) is 5.02 Å². The zero-order chi connectivity index (χ0) is 17.9. The zero-order valence-electron chi connectivity index (χ0n) is 14.3. The van der Waals surface area contributed by atoms with Gasteiger partial charge in [-0.1, -0.05) is 66.6 Å². The molecule has 5 heteroatoms. The molecule has 0 bridgehead atoms. The van der Waals surface area contributed by atoms with E-state index in [1.54, 1.807) is 0 Å². The summed E-state index contributed by atoms with van der Waals surface area (Å²) in [5.74, 6) is 0.312. The van der Waals surface area contributed by atoms with Crippen molar-refractivity contribution in [1.29, 1.82) is 0 Å². The highest BCUT2D eigenvalue weighted by atomic mass is 35.5. The number of rotatable bonds is 5. The van der Waals surface area contributed by atoms with Gasteiger partial charge in [0.1, 0.15) is 0 Å². The maximum atomic E-state index is 13.0. The third kappa shape index (κ3) is 3.53. The van der Waals surface area contributed by atoms with Crippen LogP contribution in [0.4, 0.5) is 5.13 Å². The van der Waals surface area contributed by atoms with Crippen molar-refractivity contribution in [3.8, 4) is 11.3 Å². The average Bonchev–Trinajstić information content (AvgIpc) is 3.09. The molecule has 3 aromatic rings. The van der Waals surface area contributed by atoms with Gasteiger partial charge in [-0.05, 0) is 24.5 Å². The molecule has 0 radical (unpaired) electrons. The van der Waals surface area contributed by atoms with E-state index < -0.39 is 0 Å². The minimum Gasteiger partial charge on any atom is -0.283 e. The number of benzene rings is 2. The molecule has 0 N–H and O–H groups in total. The molecule has 3 nitrogen and oxygen atoms in total. The third-order valence-electron chi connectivity index (χ3n) is 4.78. The van der Waals surface area contributed by atoms with Crippen molar-refractivity contribution < 1.29 is 4.79 Å². The molecule has 1 aliphatic carbocycles. The summed E-state index contributed by atoms with van der Waals surface area (Å²) in [6, 6.07) is 17.7. The smallest absolute Gasteiger partial charge is 0.232 e. The largest absolute Gasteiger partial charge is 0.283 e. The summed E-state index contributed by atoms with van der Waals surface area (Å²) in [6.45, 7) is 0.547. The molecular weight excluding hydrogens is 364 g/mol. The van der Waals surface area contributed by atoms with E-state index >= 15 is 0 Å². The lowest BCUT2D eigenvalue weighted by Gasteiger charge is -2.30. The van der Waals surface area contributed by atoms with Crippen LogP contribution in [0.3, 0.4) is 0 Å². The molecular formula is C21H19ClN2OS. The van der Waals surface area contributed by atoms with Crippen molar-refractivity contribution in [2.75, 3.05) is 4.90 Å². The molecule has 1 aliphatic rings. The first kappa shape index (κ1) is 17.3. The monoisotopic (exact) mass is 382 g/mol. The summed E-state index contributed by atoms with van der Waals surface area (Å²) in [7, 11) is 0. The summed E-state index contributed by atoms with van der Waals surface area (Å²) in [5.41, 5.74) is 2.82. The van der Waals surface area contributed by atoms with Crippen molar-refractivity contribution >= 4 is 34.0 Å². The van der Waals surface area contributed by atoms with Gasteiger partial charge in [-0.2, -0.15) is 0 Å². The van der Waals surface area contributed by atoms with Crippen molar-refractivity contribution in [1.82, 2.24) is 4.98 Å². The number of hydrogen-bond donors (Lipinski definition) is 0. The van der Waals surface area contributed by atoms with E-state index in [1.807, 2.05) is 64.9 Å². The predicted octanol–water partition coefficient (Wildman–Crippen LogP) is 5.80. The van der Waals surface area contributed by atoms with E-state index in [2.05, 4.69) is 0 Å². The number of amides is 1. The average molecular weight is 383 g/mol. The standard InChI is InChI=1S/C21H19ClN2OS/c22-18-12-5-4-11-17(18)19-14-26-21(23-19)24(20(25)16-9-6-10-16)13-15-7-2-1-3-8-15/h1-5,7-8,11-12,14,16H,6,9-10,13H2. The van der Waals surface area contributed by atoms with Gasteiger partial charge in [-0.3, -0.25) is 9.69 Å². The molecule has 1 amide bonds. The van der Waals surface area contributed by atoms with Gasteiger partial charge in [0.25, 0.3) is 0 Å². The summed E-state index contributed by atoms with van der Waals surface area (Å²) in [4.78, 5) is 19.6. The van der Waals surface area contributed by atoms with Crippen molar-refractivity contribution in [2.24, 2.45) is 5.92 Å². The van der Waals surface area contributed by atoms with Crippen LogP contribution in [-0.4, -0.2) is 10.9 Å². The van der Waals surface area contributed by atoms with Gasteiger partial charge in [0.15, 0.2) is 5.13 Å². The maximum Gasteiger partial charge on any atom is 0.232 e. The fraction of sp³-hybridized carbons (Fsp3) is 0.238. The minimum absolute atomic E-state index is 0.131. The Labute approximate surface area is 162 Å². The van der Waals surface area contributed by atoms with Crippen LogP contribution in [0.1, 0.15) is 24.8 Å². The molecule has 4 rings (SSSR count). The Kier molecular flexibility index (Phi) is 5.05. The summed E-state index contributed by atoms with van der Waals surface area (Å²) in [5, 5.41) is 3.38. The van der Waals surface area contributed by atoms with E-state index in [1.165, 1.54) is 11.3 Å². The van der Waals surface area contributed by atoms with E-state index in [0.717, 1.165) is 41.2 Å². The highest BCUT2D eigenvalue weighted by Gasteiger charge is 2.31. The van der Waals surface area contributed by atoms with Crippen LogP contribution in [0.25, 0.3) is 11.3 Å². The van der Waals surface area contributed by atoms with Gasteiger partial charge in [-0.25, -0.2) is 4.98 Å². The Hall–Kier alpha value is -2.17. The number of nitrogens with zero attached hydrogens (tertiary/aromatic N) is 2. The molecule has 2 aromatic carbocycles. The van der Waals surface area contributed by atoms with Crippen molar-refractivity contribution in [3.63, 3.8) is 0 Å². The number of halogens is 1. The Bertz CT molecular complexity index is 905. The van der Waals surface area contributed by atoms with Gasteiger partial charge < -0.3 is 0 Å². The van der Waals surface area contributed by atoms with Crippen molar-refractivity contribution in [2.45, 2.75) is 25.8 Å². The van der Waals surface area contributed by atoms with E-state index in [0.29, 0.717) is 11.6 Å². The first-order chi connectivity index (χ1) is 12.7. The Morgan fingerprint density at radius 2 is 1.85 bits per heavy atom. The summed E-state index contributed by atoms with van der Waals surface area (Å²) < 4.78 is 0. The Morgan fingerprint density at radius 3 is 2.54 bits per heavy atom. The maximum absolute atomic E-state index is 13.0. The summed E-state index contributed by atoms with van der Waals surface area (Å²) >= 11 is 7.80. The Morgan fingerprint density at radius 1 is 1.12 bits per heavy atom. The predicted molar refractivity (Wildman–Crippen MR) is 108 cm³/mol. The minimum atomic E-state index is 0.131. The molecule has 0 aliphatic heterocycles. The van der Waals surface area contributed by atoms with Crippen LogP contribution in [0, 0.1) is 5.92 Å². The molecule has 1 saturated carbocycles. The molecule has 1 heterocycles. The second-order valence-corrected chi connectivity index (χ2v) is 7.78. The Balaban J connectivity index is 1.65. The van der Waals surface area contributed by atoms with Gasteiger partial charge >= 0.3 is 0 Å². The van der Waals surface area contributed by atoms with Gasteiger partial charge in [0.05, 0.1) is 12.2 Å². The topological polar surface area (TPSA) is 33.2 Å². The molecule has 132 valence electrons. The SMILES string of the molecule is O=C(C1CCC1)N(Cc1ccccc1)c1nc(-c2ccccc2Cl)cs1. The number of thiazole rings is 1. The fourth-order valence-corrected chi connectivity index (χ4v) is 4.12. The lowest BCUT2D eigenvalue weighted by Crippen LogP contribution is -2.38. The van der Waals surface area contributed by atoms with Crippen LogP contribution in [0.5, 0.6) is 0 Å². The van der Waals surface area contributed by atoms with Gasteiger partial charge in [0, 0.05) is 21.9 Å². The fourth-order valence-electron chi connectivity index (χ4n) is 3.06. The van der Waals surface area contributed by atoms with Crippen LogP contribution < -0.4 is 4.90 Å². The zero-order valence-corrected chi connectivity index (χ0v) is 15.8. The first-order valence-corrected chi connectivity index (χ1v) is 10.0. The molecule has 26 heavy (non-hydrogen) atoms. The quantitative estimate of drug-likeness (QED) is 0.559. The molecule has 0 saturated heterocycles. The lowest BCUT2D eigenvalue weighted by atomic mass is 9.84. The third-order valence-corrected chi connectivity index (χ3v) is 5.97. The van der Waals surface area contributed by atoms with Crippen LogP contribution in [0.15, 0.2) is 60.0 Å². The van der Waals surface area contributed by atoms with E-state index in [4.69, 9.17) is 16.6 Å². The highest BCUT2D eigenvalue weighted by molar-refractivity contribution is 7.14. The van der Waals surface area contributed by atoms with E-state index in [-0.39, 0.29) is 11.8 Å². The molecule has 0 unspecified atom stereocenters. The second kappa shape index (κ2) is 7.60. The van der Waals surface area contributed by atoms with Gasteiger partial charge in [0.2, 0.25) is 5.91 Å². The van der Waals surface area contributed by atoms with Crippen LogP contribution >= 0.6 is 22.9 Å².